The molecule has 0 fully saturated rings. The largest absolute Gasteiger partial charge is 1.00 e. The minimum absolute atomic E-state index is 0. The van der Waals surface area contributed by atoms with Gasteiger partial charge in [0.1, 0.15) is 0 Å². The van der Waals surface area contributed by atoms with Crippen LogP contribution in [0.1, 0.15) is 41.5 Å². The molecule has 0 bridgehead atoms. The smallest absolute Gasteiger partial charge is 0.0202 e. The van der Waals surface area contributed by atoms with Gasteiger partial charge in [0.2, 0.25) is 0 Å². The van der Waals surface area contributed by atoms with E-state index in [0.717, 1.165) is 8.58 Å². The van der Waals surface area contributed by atoms with Crippen molar-refractivity contribution in [1.82, 2.24) is 0 Å². The molecule has 10 heavy (non-hydrogen) atoms. The molecule has 0 aromatic carbocycles. The van der Waals surface area contributed by atoms with Crippen LogP contribution in [0.5, 0.6) is 0 Å². The van der Waals surface area contributed by atoms with E-state index in [9.17, 15) is 0 Å². The highest BCUT2D eigenvalue weighted by molar-refractivity contribution is 7.41. The van der Waals surface area contributed by atoms with Crippen LogP contribution in [0.25, 0.3) is 0 Å². The molecule has 0 aromatic rings. The summed E-state index contributed by atoms with van der Waals surface area (Å²) in [4.78, 5) is 0. The summed E-state index contributed by atoms with van der Waals surface area (Å²) in [6, 6.07) is 0. The summed E-state index contributed by atoms with van der Waals surface area (Å²) in [5.74, 6) is 0. The van der Waals surface area contributed by atoms with E-state index in [4.69, 9.17) is 0 Å². The minimum Gasteiger partial charge on any atom is -1.00 e. The topological polar surface area (TPSA) is 0 Å². The van der Waals surface area contributed by atoms with E-state index in [-0.39, 0.29) is 17.0 Å². The zero-order valence-electron chi connectivity index (χ0n) is 7.88. The van der Waals surface area contributed by atoms with Crippen LogP contribution in [0.2, 0.25) is 0 Å². The van der Waals surface area contributed by atoms with Gasteiger partial charge in [0.25, 0.3) is 0 Å². The van der Waals surface area contributed by atoms with Crippen LogP contribution >= 0.6 is 8.58 Å². The van der Waals surface area contributed by atoms with Crippen LogP contribution < -0.4 is 17.0 Å². The van der Waals surface area contributed by atoms with Gasteiger partial charge in [-0.05, 0) is 10.3 Å². The van der Waals surface area contributed by atoms with Crippen LogP contribution in [0.3, 0.4) is 0 Å². The van der Waals surface area contributed by atoms with Crippen LogP contribution in [0, 0.1) is 0 Å². The average molecular weight is 226 g/mol. The van der Waals surface area contributed by atoms with Gasteiger partial charge in [-0.25, -0.2) is 0 Å². The van der Waals surface area contributed by atoms with E-state index in [0.29, 0.717) is 10.3 Å². The molecular formula is C8H19BrP-. The molecule has 0 atom stereocenters. The Hall–Kier alpha value is 0.910. The van der Waals surface area contributed by atoms with Crippen molar-refractivity contribution in [2.75, 3.05) is 0 Å². The molecule has 0 N–H and O–H groups in total. The molecule has 0 saturated heterocycles. The molecule has 2 heteroatoms. The van der Waals surface area contributed by atoms with Gasteiger partial charge in [-0.15, -0.1) is 8.58 Å². The van der Waals surface area contributed by atoms with Crippen molar-refractivity contribution in [2.45, 2.75) is 51.9 Å². The summed E-state index contributed by atoms with van der Waals surface area (Å²) in [6.45, 7) is 13.8. The SMILES string of the molecule is CC(C)(C)PC(C)(C)C.[Br-]. The Labute approximate surface area is 77.7 Å². The molecule has 0 aliphatic rings. The van der Waals surface area contributed by atoms with Gasteiger partial charge in [-0.2, -0.15) is 0 Å². The molecule has 0 aliphatic heterocycles. The first-order valence-corrected chi connectivity index (χ1v) is 4.50. The third kappa shape index (κ3) is 11.7. The highest BCUT2D eigenvalue weighted by atomic mass is 79.9. The predicted octanol–water partition coefficient (Wildman–Crippen LogP) is 0.266. The molecule has 0 aromatic heterocycles. The number of halogens is 1. The van der Waals surface area contributed by atoms with Crippen LogP contribution in [-0.2, 0) is 0 Å². The minimum atomic E-state index is 0. The van der Waals surface area contributed by atoms with E-state index in [1.165, 1.54) is 0 Å². The first-order chi connectivity index (χ1) is 3.71. The fourth-order valence-electron chi connectivity index (χ4n) is 1.12. The van der Waals surface area contributed by atoms with Gasteiger partial charge in [0.15, 0.2) is 0 Å². The second-order valence-corrected chi connectivity index (χ2v) is 7.88. The van der Waals surface area contributed by atoms with E-state index >= 15 is 0 Å². The second kappa shape index (κ2) is 4.07. The molecule has 0 aliphatic carbocycles. The molecule has 0 unspecified atom stereocenters. The fourth-order valence-corrected chi connectivity index (χ4v) is 3.38. The number of hydrogen-bond donors (Lipinski definition) is 0. The van der Waals surface area contributed by atoms with Gasteiger partial charge in [0, 0.05) is 0 Å². The van der Waals surface area contributed by atoms with Gasteiger partial charge < -0.3 is 17.0 Å². The van der Waals surface area contributed by atoms with E-state index < -0.39 is 0 Å². The molecule has 0 radical (unpaired) electrons. The van der Waals surface area contributed by atoms with Crippen molar-refractivity contribution in [3.05, 3.63) is 0 Å². The Morgan fingerprint density at radius 2 is 0.900 bits per heavy atom. The standard InChI is InChI=1S/C8H19P.BrH/c1-7(2,3)9-8(4,5)6;/h9H,1-6H3;1H/p-1. The zero-order valence-corrected chi connectivity index (χ0v) is 10.5. The van der Waals surface area contributed by atoms with Crippen LogP contribution in [0.4, 0.5) is 0 Å². The Kier molecular flexibility index (Phi) is 5.49. The van der Waals surface area contributed by atoms with Crippen molar-refractivity contribution in [3.63, 3.8) is 0 Å². The zero-order chi connectivity index (χ0) is 7.71. The van der Waals surface area contributed by atoms with Crippen molar-refractivity contribution in [1.29, 1.82) is 0 Å². The van der Waals surface area contributed by atoms with Gasteiger partial charge in [-0.3, -0.25) is 0 Å². The van der Waals surface area contributed by atoms with Crippen molar-refractivity contribution in [2.24, 2.45) is 0 Å². The van der Waals surface area contributed by atoms with E-state index in [2.05, 4.69) is 41.5 Å². The summed E-state index contributed by atoms with van der Waals surface area (Å²) in [7, 11) is 1.05. The lowest BCUT2D eigenvalue weighted by molar-refractivity contribution is -0.00000272. The summed E-state index contributed by atoms with van der Waals surface area (Å²) >= 11 is 0. The fraction of sp³-hybridized carbons (Fsp3) is 1.00. The first kappa shape index (κ1) is 13.5. The van der Waals surface area contributed by atoms with E-state index in [1.807, 2.05) is 0 Å². The van der Waals surface area contributed by atoms with Gasteiger partial charge >= 0.3 is 0 Å². The van der Waals surface area contributed by atoms with Crippen molar-refractivity contribution < 1.29 is 17.0 Å². The molecule has 0 saturated carbocycles. The second-order valence-electron chi connectivity index (χ2n) is 4.62. The lowest BCUT2D eigenvalue weighted by Gasteiger charge is -2.28. The molecule has 0 nitrogen and oxygen atoms in total. The third-order valence-corrected chi connectivity index (χ3v) is 2.25. The summed E-state index contributed by atoms with van der Waals surface area (Å²) in [5.41, 5.74) is 0. The molecule has 0 spiro atoms. The van der Waals surface area contributed by atoms with E-state index in [1.54, 1.807) is 0 Å². The lowest BCUT2D eigenvalue weighted by Crippen LogP contribution is -3.00. The Morgan fingerprint density at radius 3 is 0.900 bits per heavy atom. The van der Waals surface area contributed by atoms with Gasteiger partial charge in [-0.1, -0.05) is 41.5 Å². The Balaban J connectivity index is 0. The number of hydrogen-bond acceptors (Lipinski definition) is 0. The predicted molar refractivity (Wildman–Crippen MR) is 47.8 cm³/mol. The van der Waals surface area contributed by atoms with Crippen molar-refractivity contribution >= 4 is 8.58 Å². The molecular weight excluding hydrogens is 207 g/mol. The summed E-state index contributed by atoms with van der Waals surface area (Å²) in [6.07, 6.45) is 0. The monoisotopic (exact) mass is 225 g/mol. The molecule has 64 valence electrons. The molecule has 0 rings (SSSR count). The van der Waals surface area contributed by atoms with Crippen LogP contribution in [-0.4, -0.2) is 10.3 Å². The Morgan fingerprint density at radius 1 is 0.700 bits per heavy atom. The third-order valence-electron chi connectivity index (χ3n) is 0.750. The normalized spacial score (nSPS) is 12.6. The summed E-state index contributed by atoms with van der Waals surface area (Å²) in [5, 5.41) is 1.02. The van der Waals surface area contributed by atoms with Gasteiger partial charge in [0.05, 0.1) is 0 Å². The average Bonchev–Trinajstić information content (AvgIpc) is 1.14. The summed E-state index contributed by atoms with van der Waals surface area (Å²) < 4.78 is 0. The maximum absolute atomic E-state index is 2.30. The molecule has 0 heterocycles. The van der Waals surface area contributed by atoms with Crippen molar-refractivity contribution in [3.8, 4) is 0 Å². The number of rotatable bonds is 0. The highest BCUT2D eigenvalue weighted by Gasteiger charge is 2.19. The van der Waals surface area contributed by atoms with Crippen LogP contribution in [0.15, 0.2) is 0 Å². The quantitative estimate of drug-likeness (QED) is 0.520. The molecule has 0 amide bonds. The maximum atomic E-state index is 2.30. The Bertz CT molecular complexity index is 74.4. The highest BCUT2D eigenvalue weighted by Crippen LogP contribution is 2.41. The first-order valence-electron chi connectivity index (χ1n) is 3.50. The lowest BCUT2D eigenvalue weighted by atomic mass is 10.2. The maximum Gasteiger partial charge on any atom is -0.0202 e.